The van der Waals surface area contributed by atoms with Crippen molar-refractivity contribution >= 4 is 29.1 Å². The quantitative estimate of drug-likeness (QED) is 0.680. The molecule has 0 heterocycles. The highest BCUT2D eigenvalue weighted by Crippen LogP contribution is 2.21. The summed E-state index contributed by atoms with van der Waals surface area (Å²) < 4.78 is 5.48. The molecule has 2 N–H and O–H groups in total. The first kappa shape index (κ1) is 19.8. The lowest BCUT2D eigenvalue weighted by molar-refractivity contribution is -0.118. The number of ether oxygens (including phenoxy) is 1. The van der Waals surface area contributed by atoms with Crippen molar-refractivity contribution in [3.8, 4) is 5.75 Å². The first-order valence-corrected chi connectivity index (χ1v) is 8.95. The van der Waals surface area contributed by atoms with Gasteiger partial charge >= 0.3 is 0 Å². The SMILES string of the molecule is CCCCNC(=O)c1ccccc1NC(=O)COc1ccc(Cl)c(C)c1. The summed E-state index contributed by atoms with van der Waals surface area (Å²) in [5.41, 5.74) is 1.76. The molecule has 0 fully saturated rings. The van der Waals surface area contributed by atoms with Gasteiger partial charge in [0, 0.05) is 11.6 Å². The van der Waals surface area contributed by atoms with Crippen LogP contribution in [0.3, 0.4) is 0 Å². The van der Waals surface area contributed by atoms with Crippen molar-refractivity contribution in [2.45, 2.75) is 26.7 Å². The second-order valence-corrected chi connectivity index (χ2v) is 6.31. The van der Waals surface area contributed by atoms with Gasteiger partial charge in [0.2, 0.25) is 0 Å². The van der Waals surface area contributed by atoms with Gasteiger partial charge in [0.1, 0.15) is 5.75 Å². The number of hydrogen-bond acceptors (Lipinski definition) is 3. The Balaban J connectivity index is 1.96. The van der Waals surface area contributed by atoms with Gasteiger partial charge in [0.15, 0.2) is 6.61 Å². The topological polar surface area (TPSA) is 67.4 Å². The van der Waals surface area contributed by atoms with Gasteiger partial charge in [-0.05, 0) is 49.2 Å². The van der Waals surface area contributed by atoms with Crippen LogP contribution in [-0.2, 0) is 4.79 Å². The maximum absolute atomic E-state index is 12.3. The van der Waals surface area contributed by atoms with E-state index in [1.54, 1.807) is 42.5 Å². The third-order valence-electron chi connectivity index (χ3n) is 3.76. The molecular weight excluding hydrogens is 352 g/mol. The summed E-state index contributed by atoms with van der Waals surface area (Å²) in [5.74, 6) is 0.0163. The van der Waals surface area contributed by atoms with E-state index in [9.17, 15) is 9.59 Å². The summed E-state index contributed by atoms with van der Waals surface area (Å²) in [5, 5.41) is 6.22. The number of unbranched alkanes of at least 4 members (excludes halogenated alkanes) is 1. The van der Waals surface area contributed by atoms with Crippen molar-refractivity contribution in [3.05, 3.63) is 58.6 Å². The molecule has 0 aliphatic rings. The van der Waals surface area contributed by atoms with Crippen LogP contribution in [0.2, 0.25) is 5.02 Å². The maximum atomic E-state index is 12.3. The van der Waals surface area contributed by atoms with Gasteiger partial charge in [-0.1, -0.05) is 37.1 Å². The summed E-state index contributed by atoms with van der Waals surface area (Å²) in [7, 11) is 0. The number of rotatable bonds is 8. The molecule has 2 aromatic carbocycles. The Hall–Kier alpha value is -2.53. The minimum atomic E-state index is -0.341. The van der Waals surface area contributed by atoms with Gasteiger partial charge in [0.25, 0.3) is 11.8 Å². The Bertz CT molecular complexity index is 777. The molecule has 0 aliphatic carbocycles. The second-order valence-electron chi connectivity index (χ2n) is 5.90. The minimum absolute atomic E-state index is 0.160. The fourth-order valence-corrected chi connectivity index (χ4v) is 2.42. The van der Waals surface area contributed by atoms with Crippen LogP contribution in [0, 0.1) is 6.92 Å². The number of amides is 2. The number of carbonyl (C=O) groups is 2. The molecule has 0 saturated heterocycles. The average molecular weight is 375 g/mol. The molecule has 0 aromatic heterocycles. The van der Waals surface area contributed by atoms with Crippen LogP contribution in [0.1, 0.15) is 35.7 Å². The first-order valence-electron chi connectivity index (χ1n) is 8.57. The third-order valence-corrected chi connectivity index (χ3v) is 4.19. The molecule has 26 heavy (non-hydrogen) atoms. The monoisotopic (exact) mass is 374 g/mol. The Morgan fingerprint density at radius 2 is 1.92 bits per heavy atom. The molecule has 5 nitrogen and oxygen atoms in total. The van der Waals surface area contributed by atoms with Crippen molar-refractivity contribution < 1.29 is 14.3 Å². The summed E-state index contributed by atoms with van der Waals surface area (Å²) in [6.45, 7) is 4.37. The van der Waals surface area contributed by atoms with Gasteiger partial charge in [-0.25, -0.2) is 0 Å². The Kier molecular flexibility index (Phi) is 7.48. The highest BCUT2D eigenvalue weighted by Gasteiger charge is 2.13. The molecule has 2 amide bonds. The summed E-state index contributed by atoms with van der Waals surface area (Å²) in [4.78, 5) is 24.4. The highest BCUT2D eigenvalue weighted by molar-refractivity contribution is 6.31. The van der Waals surface area contributed by atoms with Crippen LogP contribution in [0.5, 0.6) is 5.75 Å². The number of aryl methyl sites for hydroxylation is 1. The average Bonchev–Trinajstić information content (AvgIpc) is 2.63. The second kappa shape index (κ2) is 9.82. The number of hydrogen-bond donors (Lipinski definition) is 2. The highest BCUT2D eigenvalue weighted by atomic mass is 35.5. The Labute approximate surface area is 158 Å². The normalized spacial score (nSPS) is 10.3. The zero-order valence-electron chi connectivity index (χ0n) is 15.0. The van der Waals surface area contributed by atoms with Crippen LogP contribution in [0.4, 0.5) is 5.69 Å². The lowest BCUT2D eigenvalue weighted by Crippen LogP contribution is -2.27. The molecule has 0 bridgehead atoms. The van der Waals surface area contributed by atoms with E-state index in [-0.39, 0.29) is 18.4 Å². The standard InChI is InChI=1S/C20H23ClN2O3/c1-3-4-11-22-20(25)16-7-5-6-8-18(16)23-19(24)13-26-15-9-10-17(21)14(2)12-15/h5-10,12H,3-4,11,13H2,1-2H3,(H,22,25)(H,23,24). The van der Waals surface area contributed by atoms with E-state index in [4.69, 9.17) is 16.3 Å². The fraction of sp³-hybridized carbons (Fsp3) is 0.300. The van der Waals surface area contributed by atoms with Gasteiger partial charge in [0.05, 0.1) is 11.3 Å². The lowest BCUT2D eigenvalue weighted by Gasteiger charge is -2.12. The largest absolute Gasteiger partial charge is 0.484 e. The predicted octanol–water partition coefficient (Wildman–Crippen LogP) is 4.20. The molecule has 0 aliphatic heterocycles. The predicted molar refractivity (Wildman–Crippen MR) is 104 cm³/mol. The van der Waals surface area contributed by atoms with Crippen LogP contribution in [0.15, 0.2) is 42.5 Å². The third kappa shape index (κ3) is 5.77. The molecule has 0 radical (unpaired) electrons. The van der Waals surface area contributed by atoms with Crippen molar-refractivity contribution in [2.24, 2.45) is 0 Å². The molecular formula is C20H23ClN2O3. The van der Waals surface area contributed by atoms with Crippen molar-refractivity contribution in [1.82, 2.24) is 5.32 Å². The van der Waals surface area contributed by atoms with Crippen molar-refractivity contribution in [1.29, 1.82) is 0 Å². The van der Waals surface area contributed by atoms with Crippen molar-refractivity contribution in [3.63, 3.8) is 0 Å². The number of carbonyl (C=O) groups excluding carboxylic acids is 2. The molecule has 0 spiro atoms. The molecule has 2 aromatic rings. The zero-order chi connectivity index (χ0) is 18.9. The first-order chi connectivity index (χ1) is 12.5. The van der Waals surface area contributed by atoms with Crippen LogP contribution < -0.4 is 15.4 Å². The van der Waals surface area contributed by atoms with Crippen molar-refractivity contribution in [2.75, 3.05) is 18.5 Å². The smallest absolute Gasteiger partial charge is 0.262 e. The zero-order valence-corrected chi connectivity index (χ0v) is 15.7. The lowest BCUT2D eigenvalue weighted by atomic mass is 10.1. The van der Waals surface area contributed by atoms with Crippen LogP contribution in [-0.4, -0.2) is 25.0 Å². The van der Waals surface area contributed by atoms with Gasteiger partial charge in [-0.2, -0.15) is 0 Å². The maximum Gasteiger partial charge on any atom is 0.262 e. The van der Waals surface area contributed by atoms with Gasteiger partial charge < -0.3 is 15.4 Å². The summed E-state index contributed by atoms with van der Waals surface area (Å²) >= 11 is 5.97. The fourth-order valence-electron chi connectivity index (χ4n) is 2.31. The van der Waals surface area contributed by atoms with E-state index in [0.29, 0.717) is 28.6 Å². The molecule has 0 saturated carbocycles. The van der Waals surface area contributed by atoms with E-state index in [2.05, 4.69) is 17.6 Å². The molecule has 2 rings (SSSR count). The van der Waals surface area contributed by atoms with Crippen LogP contribution in [0.25, 0.3) is 0 Å². The molecule has 0 atom stereocenters. The van der Waals surface area contributed by atoms with Gasteiger partial charge in [-0.3, -0.25) is 9.59 Å². The van der Waals surface area contributed by atoms with E-state index in [1.165, 1.54) is 0 Å². The Morgan fingerprint density at radius 3 is 2.65 bits per heavy atom. The Morgan fingerprint density at radius 1 is 1.15 bits per heavy atom. The number of halogens is 1. The molecule has 138 valence electrons. The summed E-state index contributed by atoms with van der Waals surface area (Å²) in [6, 6.07) is 12.1. The number of anilines is 1. The van der Waals surface area contributed by atoms with E-state index in [0.717, 1.165) is 18.4 Å². The minimum Gasteiger partial charge on any atom is -0.484 e. The van der Waals surface area contributed by atoms with E-state index in [1.807, 2.05) is 6.92 Å². The number of benzene rings is 2. The van der Waals surface area contributed by atoms with E-state index < -0.39 is 0 Å². The van der Waals surface area contributed by atoms with Crippen LogP contribution >= 0.6 is 11.6 Å². The van der Waals surface area contributed by atoms with Gasteiger partial charge in [-0.15, -0.1) is 0 Å². The number of nitrogens with one attached hydrogen (secondary N) is 2. The summed E-state index contributed by atoms with van der Waals surface area (Å²) in [6.07, 6.45) is 1.91. The van der Waals surface area contributed by atoms with E-state index >= 15 is 0 Å². The molecule has 6 heteroatoms. The molecule has 0 unspecified atom stereocenters. The number of para-hydroxylation sites is 1.